The number of para-hydroxylation sites is 1. The second-order valence-electron chi connectivity index (χ2n) is 11.2. The number of anilines is 1. The van der Waals surface area contributed by atoms with Crippen molar-refractivity contribution in [2.24, 2.45) is 0 Å². The van der Waals surface area contributed by atoms with Gasteiger partial charge in [0.05, 0.1) is 11.4 Å². The normalized spacial score (nSPS) is 16.6. The van der Waals surface area contributed by atoms with Gasteiger partial charge in [-0.15, -0.1) is 0 Å². The molecule has 4 aromatic rings. The summed E-state index contributed by atoms with van der Waals surface area (Å²) in [7, 11) is 0. The number of carbonyl (C=O) groups is 1. The fourth-order valence-electron chi connectivity index (χ4n) is 6.15. The van der Waals surface area contributed by atoms with Gasteiger partial charge in [0.2, 0.25) is 0 Å². The molecule has 2 fully saturated rings. The van der Waals surface area contributed by atoms with Gasteiger partial charge in [0, 0.05) is 55.5 Å². The minimum Gasteiger partial charge on any atom is -0.369 e. The third kappa shape index (κ3) is 6.66. The molecule has 7 heteroatoms. The molecule has 1 aliphatic heterocycles. The van der Waals surface area contributed by atoms with Crippen LogP contribution in [-0.2, 0) is 0 Å². The summed E-state index contributed by atoms with van der Waals surface area (Å²) in [5, 5.41) is 8.63. The molecule has 0 spiro atoms. The number of hydrogen-bond acceptors (Lipinski definition) is 4. The van der Waals surface area contributed by atoms with E-state index < -0.39 is 0 Å². The largest absolute Gasteiger partial charge is 0.369 e. The Morgan fingerprint density at radius 2 is 1.56 bits per heavy atom. The minimum absolute atomic E-state index is 0.141. The molecule has 2 heterocycles. The summed E-state index contributed by atoms with van der Waals surface area (Å²) in [6.45, 7) is 5.18. The molecule has 1 saturated heterocycles. The first kappa shape index (κ1) is 27.6. The zero-order valence-corrected chi connectivity index (χ0v) is 24.3. The summed E-state index contributed by atoms with van der Waals surface area (Å²) in [4.78, 5) is 18.0. The summed E-state index contributed by atoms with van der Waals surface area (Å²) in [6.07, 6.45) is 6.57. The first-order valence-electron chi connectivity index (χ1n) is 14.9. The van der Waals surface area contributed by atoms with Crippen LogP contribution in [0.5, 0.6) is 0 Å². The van der Waals surface area contributed by atoms with Crippen LogP contribution in [0.25, 0.3) is 16.9 Å². The Kier molecular flexibility index (Phi) is 8.68. The summed E-state index contributed by atoms with van der Waals surface area (Å²) < 4.78 is 1.89. The number of carbonyl (C=O) groups excluding carboxylic acids is 1. The highest BCUT2D eigenvalue weighted by atomic mass is 35.5. The van der Waals surface area contributed by atoms with Crippen molar-refractivity contribution < 1.29 is 4.79 Å². The Bertz CT molecular complexity index is 1440. The number of halogens is 1. The van der Waals surface area contributed by atoms with E-state index in [0.717, 1.165) is 54.7 Å². The lowest BCUT2D eigenvalue weighted by atomic mass is 9.84. The van der Waals surface area contributed by atoms with Crippen LogP contribution in [0.1, 0.15) is 54.1 Å². The monoisotopic (exact) mass is 567 g/mol. The number of piperazine rings is 1. The zero-order chi connectivity index (χ0) is 28.0. The zero-order valence-electron chi connectivity index (χ0n) is 23.5. The predicted octanol–water partition coefficient (Wildman–Crippen LogP) is 6.79. The van der Waals surface area contributed by atoms with E-state index in [2.05, 4.69) is 45.4 Å². The van der Waals surface area contributed by atoms with Crippen LogP contribution in [0, 0.1) is 0 Å². The van der Waals surface area contributed by atoms with Gasteiger partial charge in [-0.05, 0) is 60.7 Å². The maximum absolute atomic E-state index is 13.2. The van der Waals surface area contributed by atoms with E-state index in [9.17, 15) is 4.79 Å². The van der Waals surface area contributed by atoms with E-state index >= 15 is 0 Å². The Balaban J connectivity index is 1.10. The van der Waals surface area contributed by atoms with Crippen molar-refractivity contribution >= 4 is 23.2 Å². The van der Waals surface area contributed by atoms with Crippen LogP contribution in [0.15, 0.2) is 84.9 Å². The van der Waals surface area contributed by atoms with E-state index in [0.29, 0.717) is 18.2 Å². The molecule has 6 nitrogen and oxygen atoms in total. The molecule has 2 aliphatic rings. The molecule has 0 atom stereocenters. The smallest absolute Gasteiger partial charge is 0.271 e. The average molecular weight is 568 g/mol. The Morgan fingerprint density at radius 3 is 2.29 bits per heavy atom. The number of aromatic nitrogens is 2. The van der Waals surface area contributed by atoms with Crippen LogP contribution in [0.2, 0.25) is 5.02 Å². The number of amides is 1. The highest BCUT2D eigenvalue weighted by molar-refractivity contribution is 6.30. The Labute approximate surface area is 247 Å². The maximum Gasteiger partial charge on any atom is 0.271 e. The first-order chi connectivity index (χ1) is 20.1. The number of benzene rings is 3. The molecule has 1 N–H and O–H groups in total. The van der Waals surface area contributed by atoms with E-state index in [1.165, 1.54) is 43.4 Å². The lowest BCUT2D eigenvalue weighted by Gasteiger charge is -2.36. The lowest BCUT2D eigenvalue weighted by Crippen LogP contribution is -2.48. The second kappa shape index (κ2) is 12.9. The van der Waals surface area contributed by atoms with Crippen molar-refractivity contribution in [1.29, 1.82) is 0 Å². The van der Waals surface area contributed by atoms with Gasteiger partial charge in [-0.2, -0.15) is 5.10 Å². The molecular formula is C34H38ClN5O. The van der Waals surface area contributed by atoms with Gasteiger partial charge in [-0.1, -0.05) is 79.4 Å². The molecule has 1 saturated carbocycles. The first-order valence-corrected chi connectivity index (χ1v) is 15.3. The third-order valence-corrected chi connectivity index (χ3v) is 8.72. The number of nitrogens with zero attached hydrogens (tertiary/aromatic N) is 4. The fraction of sp³-hybridized carbons (Fsp3) is 0.353. The SMILES string of the molecule is O=C(NCCN1CCN(c2cccc(Cl)c2)CC1)c1cc(-c2ccc(C3CCCCC3)cc2)n(-c2ccccc2)n1. The van der Waals surface area contributed by atoms with Crippen LogP contribution < -0.4 is 10.2 Å². The average Bonchev–Trinajstić information content (AvgIpc) is 3.48. The molecule has 1 amide bonds. The van der Waals surface area contributed by atoms with Gasteiger partial charge >= 0.3 is 0 Å². The van der Waals surface area contributed by atoms with Gasteiger partial charge in [-0.25, -0.2) is 4.68 Å². The van der Waals surface area contributed by atoms with Crippen molar-refractivity contribution in [2.75, 3.05) is 44.2 Å². The van der Waals surface area contributed by atoms with E-state index in [1.807, 2.05) is 59.3 Å². The van der Waals surface area contributed by atoms with Crippen LogP contribution in [0.3, 0.4) is 0 Å². The molecule has 0 bridgehead atoms. The summed E-state index contributed by atoms with van der Waals surface area (Å²) in [5.74, 6) is 0.523. The van der Waals surface area contributed by atoms with Crippen LogP contribution >= 0.6 is 11.6 Å². The molecule has 41 heavy (non-hydrogen) atoms. The molecule has 6 rings (SSSR count). The lowest BCUT2D eigenvalue weighted by molar-refractivity contribution is 0.0942. The highest BCUT2D eigenvalue weighted by Gasteiger charge is 2.20. The number of rotatable bonds is 8. The fourth-order valence-corrected chi connectivity index (χ4v) is 6.33. The van der Waals surface area contributed by atoms with Crippen molar-refractivity contribution in [3.8, 4) is 16.9 Å². The predicted molar refractivity (Wildman–Crippen MR) is 167 cm³/mol. The van der Waals surface area contributed by atoms with Crippen molar-refractivity contribution in [3.05, 3.63) is 101 Å². The molecule has 0 unspecified atom stereocenters. The van der Waals surface area contributed by atoms with Gasteiger partial charge in [0.25, 0.3) is 5.91 Å². The standard InChI is InChI=1S/C34H38ClN5O/c35-29-10-7-13-31(24-29)39-22-20-38(21-23-39)19-18-36-34(41)32-25-33(40(37-32)30-11-5-2-6-12-30)28-16-14-27(15-17-28)26-8-3-1-4-9-26/h2,5-7,10-17,24-26H,1,3-4,8-9,18-23H2,(H,36,41). The summed E-state index contributed by atoms with van der Waals surface area (Å²) in [6, 6.07) is 28.9. The van der Waals surface area contributed by atoms with Gasteiger partial charge in [0.15, 0.2) is 5.69 Å². The Morgan fingerprint density at radius 1 is 0.829 bits per heavy atom. The van der Waals surface area contributed by atoms with E-state index in [-0.39, 0.29) is 5.91 Å². The van der Waals surface area contributed by atoms with Gasteiger partial charge in [0.1, 0.15) is 0 Å². The second-order valence-corrected chi connectivity index (χ2v) is 11.6. The van der Waals surface area contributed by atoms with Gasteiger partial charge in [-0.3, -0.25) is 9.69 Å². The molecule has 3 aromatic carbocycles. The molecule has 212 valence electrons. The highest BCUT2D eigenvalue weighted by Crippen LogP contribution is 2.34. The minimum atomic E-state index is -0.141. The maximum atomic E-state index is 13.2. The summed E-state index contributed by atoms with van der Waals surface area (Å²) >= 11 is 6.17. The van der Waals surface area contributed by atoms with E-state index in [1.54, 1.807) is 0 Å². The molecule has 1 aliphatic carbocycles. The Hall–Kier alpha value is -3.61. The number of hydrogen-bond donors (Lipinski definition) is 1. The van der Waals surface area contributed by atoms with Crippen LogP contribution in [0.4, 0.5) is 5.69 Å². The van der Waals surface area contributed by atoms with Gasteiger partial charge < -0.3 is 10.2 Å². The quantitative estimate of drug-likeness (QED) is 0.255. The molecule has 1 aromatic heterocycles. The molecule has 0 radical (unpaired) electrons. The third-order valence-electron chi connectivity index (χ3n) is 8.49. The van der Waals surface area contributed by atoms with Crippen LogP contribution in [-0.4, -0.2) is 59.9 Å². The van der Waals surface area contributed by atoms with Crippen molar-refractivity contribution in [2.45, 2.75) is 38.0 Å². The number of nitrogens with one attached hydrogen (secondary N) is 1. The topological polar surface area (TPSA) is 53.4 Å². The van der Waals surface area contributed by atoms with E-state index in [4.69, 9.17) is 16.7 Å². The van der Waals surface area contributed by atoms with Crippen molar-refractivity contribution in [3.63, 3.8) is 0 Å². The summed E-state index contributed by atoms with van der Waals surface area (Å²) in [5.41, 5.74) is 5.96. The molecular weight excluding hydrogens is 530 g/mol. The van der Waals surface area contributed by atoms with Crippen molar-refractivity contribution in [1.82, 2.24) is 20.0 Å².